The van der Waals surface area contributed by atoms with Crippen molar-refractivity contribution < 1.29 is 13.7 Å². The fourth-order valence-electron chi connectivity index (χ4n) is 2.39. The van der Waals surface area contributed by atoms with Gasteiger partial charge in [-0.05, 0) is 38.1 Å². The van der Waals surface area contributed by atoms with Crippen molar-refractivity contribution in [2.24, 2.45) is 0 Å². The summed E-state index contributed by atoms with van der Waals surface area (Å²) in [6, 6.07) is 15.7. The van der Waals surface area contributed by atoms with E-state index in [4.69, 9.17) is 13.7 Å². The summed E-state index contributed by atoms with van der Waals surface area (Å²) in [6.07, 6.45) is 0. The molecule has 0 saturated heterocycles. The molecular weight excluding hydrogens is 376 g/mol. The predicted octanol–water partition coefficient (Wildman–Crippen LogP) is 4.61. The number of nitrogens with zero attached hydrogens (tertiary/aromatic N) is 4. The van der Waals surface area contributed by atoms with Gasteiger partial charge in [-0.2, -0.15) is 4.98 Å². The molecule has 2 aromatic heterocycles. The van der Waals surface area contributed by atoms with Crippen molar-refractivity contribution in [2.45, 2.75) is 31.4 Å². The van der Waals surface area contributed by atoms with Gasteiger partial charge in [0, 0.05) is 5.56 Å². The Morgan fingerprint density at radius 1 is 0.929 bits per heavy atom. The highest BCUT2D eigenvalue weighted by Crippen LogP contribution is 2.23. The van der Waals surface area contributed by atoms with Crippen LogP contribution in [-0.2, 0) is 12.4 Å². The van der Waals surface area contributed by atoms with Gasteiger partial charge in [0.15, 0.2) is 12.4 Å². The van der Waals surface area contributed by atoms with Crippen molar-refractivity contribution in [1.29, 1.82) is 0 Å². The number of aromatic nitrogens is 4. The summed E-state index contributed by atoms with van der Waals surface area (Å²) in [5, 5.41) is 12.4. The van der Waals surface area contributed by atoms with Crippen LogP contribution in [0.5, 0.6) is 5.75 Å². The monoisotopic (exact) mass is 394 g/mol. The lowest BCUT2D eigenvalue weighted by atomic mass is 10.1. The summed E-state index contributed by atoms with van der Waals surface area (Å²) < 4.78 is 16.5. The van der Waals surface area contributed by atoms with Crippen LogP contribution in [0.3, 0.4) is 0 Å². The van der Waals surface area contributed by atoms with Crippen LogP contribution in [0.1, 0.15) is 22.8 Å². The highest BCUT2D eigenvalue weighted by molar-refractivity contribution is 7.98. The van der Waals surface area contributed by atoms with E-state index < -0.39 is 0 Å². The Kier molecular flexibility index (Phi) is 5.38. The van der Waals surface area contributed by atoms with Crippen LogP contribution in [0, 0.1) is 13.8 Å². The van der Waals surface area contributed by atoms with E-state index in [-0.39, 0.29) is 6.61 Å². The second kappa shape index (κ2) is 8.26. The van der Waals surface area contributed by atoms with Gasteiger partial charge >= 0.3 is 0 Å². The molecule has 2 aromatic carbocycles. The van der Waals surface area contributed by atoms with Gasteiger partial charge in [0.25, 0.3) is 17.0 Å². The molecule has 0 bridgehead atoms. The standard InChI is InChI=1S/C20H18N4O3S/c1-13-3-7-15(8-4-13)19-21-17(24-27-19)12-28-20-23-22-18(26-20)11-25-16-9-5-14(2)6-10-16/h3-10H,11-12H2,1-2H3. The summed E-state index contributed by atoms with van der Waals surface area (Å²) in [5.41, 5.74) is 3.25. The minimum atomic E-state index is 0.219. The fourth-order valence-corrected chi connectivity index (χ4v) is 3.01. The molecule has 0 atom stereocenters. The molecule has 0 spiro atoms. The average Bonchev–Trinajstić information content (AvgIpc) is 3.36. The Morgan fingerprint density at radius 3 is 2.39 bits per heavy atom. The molecule has 0 aliphatic heterocycles. The summed E-state index contributed by atoms with van der Waals surface area (Å²) >= 11 is 1.35. The molecule has 0 N–H and O–H groups in total. The van der Waals surface area contributed by atoms with Gasteiger partial charge in [0.2, 0.25) is 0 Å². The van der Waals surface area contributed by atoms with E-state index in [0.717, 1.165) is 11.3 Å². The zero-order chi connectivity index (χ0) is 19.3. The smallest absolute Gasteiger partial charge is 0.277 e. The topological polar surface area (TPSA) is 87.1 Å². The van der Waals surface area contributed by atoms with E-state index in [0.29, 0.717) is 28.6 Å². The van der Waals surface area contributed by atoms with Crippen LogP contribution in [-0.4, -0.2) is 20.3 Å². The van der Waals surface area contributed by atoms with Crippen molar-refractivity contribution >= 4 is 11.8 Å². The maximum absolute atomic E-state index is 5.64. The van der Waals surface area contributed by atoms with E-state index in [9.17, 15) is 0 Å². The molecule has 4 aromatic rings. The first-order valence-electron chi connectivity index (χ1n) is 8.70. The zero-order valence-electron chi connectivity index (χ0n) is 15.5. The van der Waals surface area contributed by atoms with E-state index in [2.05, 4.69) is 20.3 Å². The molecule has 142 valence electrons. The Balaban J connectivity index is 1.31. The van der Waals surface area contributed by atoms with E-state index >= 15 is 0 Å². The number of hydrogen-bond donors (Lipinski definition) is 0. The van der Waals surface area contributed by atoms with E-state index in [1.807, 2.05) is 62.4 Å². The molecular formula is C20H18N4O3S. The second-order valence-corrected chi connectivity index (χ2v) is 7.16. The molecule has 28 heavy (non-hydrogen) atoms. The van der Waals surface area contributed by atoms with Gasteiger partial charge in [0.05, 0.1) is 5.75 Å². The normalized spacial score (nSPS) is 10.9. The fraction of sp³-hybridized carbons (Fsp3) is 0.200. The highest BCUT2D eigenvalue weighted by atomic mass is 32.2. The summed E-state index contributed by atoms with van der Waals surface area (Å²) in [5.74, 6) is 2.70. The SMILES string of the molecule is Cc1ccc(OCc2nnc(SCc3noc(-c4ccc(C)cc4)n3)o2)cc1. The molecule has 2 heterocycles. The maximum atomic E-state index is 5.64. The van der Waals surface area contributed by atoms with Crippen molar-refractivity contribution in [3.05, 3.63) is 71.4 Å². The van der Waals surface area contributed by atoms with Crippen LogP contribution >= 0.6 is 11.8 Å². The first kappa shape index (κ1) is 18.2. The number of aryl methyl sites for hydroxylation is 2. The Hall–Kier alpha value is -3.13. The summed E-state index contributed by atoms with van der Waals surface area (Å²) in [6.45, 7) is 4.28. The van der Waals surface area contributed by atoms with E-state index in [1.54, 1.807) is 0 Å². The maximum Gasteiger partial charge on any atom is 0.277 e. The zero-order valence-corrected chi connectivity index (χ0v) is 16.3. The van der Waals surface area contributed by atoms with Gasteiger partial charge in [-0.25, -0.2) is 0 Å². The summed E-state index contributed by atoms with van der Waals surface area (Å²) in [7, 11) is 0. The minimum Gasteiger partial charge on any atom is -0.484 e. The van der Waals surface area contributed by atoms with Crippen LogP contribution < -0.4 is 4.74 Å². The van der Waals surface area contributed by atoms with Crippen molar-refractivity contribution in [3.8, 4) is 17.2 Å². The first-order valence-corrected chi connectivity index (χ1v) is 9.68. The number of thioether (sulfide) groups is 1. The van der Waals surface area contributed by atoms with Gasteiger partial charge in [0.1, 0.15) is 5.75 Å². The molecule has 8 heteroatoms. The second-order valence-electron chi connectivity index (χ2n) is 6.23. The lowest BCUT2D eigenvalue weighted by molar-refractivity contribution is 0.252. The van der Waals surface area contributed by atoms with Crippen molar-refractivity contribution in [2.75, 3.05) is 0 Å². The Morgan fingerprint density at radius 2 is 1.64 bits per heavy atom. The molecule has 0 aliphatic carbocycles. The largest absolute Gasteiger partial charge is 0.484 e. The highest BCUT2D eigenvalue weighted by Gasteiger charge is 2.12. The molecule has 0 amide bonds. The molecule has 0 aliphatic rings. The molecule has 0 radical (unpaired) electrons. The quantitative estimate of drug-likeness (QED) is 0.420. The van der Waals surface area contributed by atoms with Gasteiger partial charge < -0.3 is 13.7 Å². The third-order valence-corrected chi connectivity index (χ3v) is 4.74. The first-order chi connectivity index (χ1) is 13.7. The number of hydrogen-bond acceptors (Lipinski definition) is 8. The number of benzene rings is 2. The van der Waals surface area contributed by atoms with Crippen molar-refractivity contribution in [1.82, 2.24) is 20.3 Å². The molecule has 7 nitrogen and oxygen atoms in total. The average molecular weight is 394 g/mol. The van der Waals surface area contributed by atoms with E-state index in [1.165, 1.54) is 22.9 Å². The Bertz CT molecular complexity index is 1040. The third-order valence-electron chi connectivity index (χ3n) is 3.92. The molecule has 4 rings (SSSR count). The van der Waals surface area contributed by atoms with Crippen LogP contribution in [0.4, 0.5) is 0 Å². The molecule has 0 saturated carbocycles. The van der Waals surface area contributed by atoms with Crippen LogP contribution in [0.15, 0.2) is 62.7 Å². The minimum absolute atomic E-state index is 0.219. The summed E-state index contributed by atoms with van der Waals surface area (Å²) in [4.78, 5) is 4.40. The van der Waals surface area contributed by atoms with Crippen LogP contribution in [0.25, 0.3) is 11.5 Å². The number of rotatable bonds is 7. The van der Waals surface area contributed by atoms with Crippen LogP contribution in [0.2, 0.25) is 0 Å². The lowest BCUT2D eigenvalue weighted by Gasteiger charge is -2.02. The molecule has 0 fully saturated rings. The molecule has 0 unspecified atom stereocenters. The van der Waals surface area contributed by atoms with Crippen molar-refractivity contribution in [3.63, 3.8) is 0 Å². The third kappa shape index (κ3) is 4.58. The predicted molar refractivity (Wildman–Crippen MR) is 104 cm³/mol. The van der Waals surface area contributed by atoms with Gasteiger partial charge in [-0.3, -0.25) is 0 Å². The number of ether oxygens (including phenoxy) is 1. The lowest BCUT2D eigenvalue weighted by Crippen LogP contribution is -1.95. The van der Waals surface area contributed by atoms with Gasteiger partial charge in [-0.1, -0.05) is 52.3 Å². The van der Waals surface area contributed by atoms with Gasteiger partial charge in [-0.15, -0.1) is 10.2 Å². The Labute approximate surface area is 166 Å².